The van der Waals surface area contributed by atoms with Gasteiger partial charge in [-0.15, -0.1) is 11.3 Å². The van der Waals surface area contributed by atoms with Crippen LogP contribution in [0.3, 0.4) is 0 Å². The first-order chi connectivity index (χ1) is 9.02. The Morgan fingerprint density at radius 2 is 2.16 bits per heavy atom. The number of hydrogen-bond donors (Lipinski definition) is 1. The van der Waals surface area contributed by atoms with Gasteiger partial charge in [-0.05, 0) is 63.5 Å². The fourth-order valence-corrected chi connectivity index (χ4v) is 4.25. The number of nitrogens with one attached hydrogen (secondary N) is 1. The zero-order chi connectivity index (χ0) is 14.0. The molecule has 0 fully saturated rings. The molecule has 0 saturated heterocycles. The van der Waals surface area contributed by atoms with E-state index < -0.39 is 0 Å². The fourth-order valence-electron chi connectivity index (χ4n) is 1.81. The highest BCUT2D eigenvalue weighted by Gasteiger charge is 2.18. The highest BCUT2D eigenvalue weighted by atomic mass is 79.9. The van der Waals surface area contributed by atoms with Crippen LogP contribution in [0.2, 0.25) is 5.02 Å². The summed E-state index contributed by atoms with van der Waals surface area (Å²) in [5, 5.41) is 3.67. The van der Waals surface area contributed by atoms with E-state index in [0.717, 1.165) is 13.1 Å². The molecule has 1 aromatic heterocycles. The normalized spacial score (nSPS) is 12.7. The van der Waals surface area contributed by atoms with Crippen LogP contribution in [-0.2, 0) is 6.42 Å². The second-order valence-electron chi connectivity index (χ2n) is 4.02. The second-order valence-corrected chi connectivity index (χ2v) is 7.68. The van der Waals surface area contributed by atoms with Gasteiger partial charge in [-0.25, -0.2) is 4.39 Å². The number of rotatable bonds is 4. The molecule has 0 radical (unpaired) electrons. The van der Waals surface area contributed by atoms with Crippen molar-refractivity contribution in [2.24, 2.45) is 0 Å². The largest absolute Gasteiger partial charge is 0.312 e. The van der Waals surface area contributed by atoms with Crippen LogP contribution in [0.25, 0.3) is 0 Å². The molecular weight excluding hydrogens is 416 g/mol. The van der Waals surface area contributed by atoms with E-state index in [2.05, 4.69) is 37.2 Å². The van der Waals surface area contributed by atoms with Gasteiger partial charge in [-0.1, -0.05) is 17.7 Å². The molecule has 1 heterocycles. The van der Waals surface area contributed by atoms with Gasteiger partial charge in [-0.3, -0.25) is 0 Å². The van der Waals surface area contributed by atoms with E-state index in [4.69, 9.17) is 11.6 Å². The van der Waals surface area contributed by atoms with E-state index in [1.165, 1.54) is 6.07 Å². The molecule has 1 atom stereocenters. The summed E-state index contributed by atoms with van der Waals surface area (Å²) < 4.78 is 15.9. The molecule has 1 unspecified atom stereocenters. The van der Waals surface area contributed by atoms with Crippen molar-refractivity contribution >= 4 is 54.8 Å². The second kappa shape index (κ2) is 6.68. The zero-order valence-corrected chi connectivity index (χ0v) is 14.8. The minimum absolute atomic E-state index is 0.0296. The predicted molar refractivity (Wildman–Crippen MR) is 86.6 cm³/mol. The first-order valence-corrected chi connectivity index (χ1v) is 8.36. The number of benzene rings is 1. The average Bonchev–Trinajstić information content (AvgIpc) is 2.69. The maximum Gasteiger partial charge on any atom is 0.127 e. The van der Waals surface area contributed by atoms with Gasteiger partial charge in [0.15, 0.2) is 0 Å². The molecule has 0 spiro atoms. The third-order valence-corrected chi connectivity index (χ3v) is 6.55. The summed E-state index contributed by atoms with van der Waals surface area (Å²) in [6.07, 6.45) is 0.515. The smallest absolute Gasteiger partial charge is 0.127 e. The lowest BCUT2D eigenvalue weighted by molar-refractivity contribution is 0.560. The van der Waals surface area contributed by atoms with Crippen LogP contribution >= 0.6 is 54.8 Å². The van der Waals surface area contributed by atoms with Crippen molar-refractivity contribution in [1.82, 2.24) is 5.32 Å². The van der Waals surface area contributed by atoms with Gasteiger partial charge in [0.2, 0.25) is 0 Å². The third-order valence-electron chi connectivity index (χ3n) is 2.83. The molecule has 2 aromatic rings. The van der Waals surface area contributed by atoms with Crippen molar-refractivity contribution in [2.45, 2.75) is 12.5 Å². The molecule has 6 heteroatoms. The Bertz CT molecular complexity index is 548. The quantitative estimate of drug-likeness (QED) is 0.673. The van der Waals surface area contributed by atoms with Crippen LogP contribution in [0.4, 0.5) is 4.39 Å². The van der Waals surface area contributed by atoms with Crippen LogP contribution in [0.5, 0.6) is 0 Å². The van der Waals surface area contributed by atoms with Gasteiger partial charge in [0.1, 0.15) is 5.82 Å². The van der Waals surface area contributed by atoms with Gasteiger partial charge in [0.05, 0.1) is 3.79 Å². The summed E-state index contributed by atoms with van der Waals surface area (Å²) in [5.74, 6) is -0.262. The van der Waals surface area contributed by atoms with Gasteiger partial charge in [0.25, 0.3) is 0 Å². The Morgan fingerprint density at radius 1 is 1.42 bits per heavy atom. The molecule has 0 aliphatic rings. The summed E-state index contributed by atoms with van der Waals surface area (Å²) in [6, 6.07) is 6.83. The molecule has 2 rings (SSSR count). The number of thiophene rings is 1. The maximum atomic E-state index is 13.8. The third kappa shape index (κ3) is 3.58. The van der Waals surface area contributed by atoms with E-state index in [9.17, 15) is 4.39 Å². The Kier molecular flexibility index (Phi) is 5.43. The first kappa shape index (κ1) is 15.4. The van der Waals surface area contributed by atoms with Gasteiger partial charge < -0.3 is 5.32 Å². The molecule has 1 nitrogen and oxygen atoms in total. The van der Waals surface area contributed by atoms with Crippen molar-refractivity contribution in [2.75, 3.05) is 7.05 Å². The van der Waals surface area contributed by atoms with Gasteiger partial charge >= 0.3 is 0 Å². The van der Waals surface area contributed by atoms with Gasteiger partial charge in [0, 0.05) is 26.0 Å². The highest BCUT2D eigenvalue weighted by molar-refractivity contribution is 9.13. The van der Waals surface area contributed by atoms with Crippen LogP contribution in [0.15, 0.2) is 32.5 Å². The lowest BCUT2D eigenvalue weighted by Crippen LogP contribution is -2.18. The summed E-state index contributed by atoms with van der Waals surface area (Å²) in [6.45, 7) is 0. The minimum Gasteiger partial charge on any atom is -0.312 e. The zero-order valence-electron chi connectivity index (χ0n) is 10.0. The minimum atomic E-state index is -0.262. The molecule has 1 N–H and O–H groups in total. The molecule has 0 saturated carbocycles. The lowest BCUT2D eigenvalue weighted by Gasteiger charge is -2.16. The molecule has 19 heavy (non-hydrogen) atoms. The van der Waals surface area contributed by atoms with Crippen molar-refractivity contribution in [3.8, 4) is 0 Å². The Morgan fingerprint density at radius 3 is 2.68 bits per heavy atom. The van der Waals surface area contributed by atoms with Gasteiger partial charge in [-0.2, -0.15) is 0 Å². The van der Waals surface area contributed by atoms with Crippen molar-refractivity contribution in [3.05, 3.63) is 53.8 Å². The van der Waals surface area contributed by atoms with Crippen LogP contribution in [0, 0.1) is 5.82 Å². The Labute approximate surface area is 137 Å². The molecule has 0 bridgehead atoms. The lowest BCUT2D eigenvalue weighted by atomic mass is 10.0. The summed E-state index contributed by atoms with van der Waals surface area (Å²) in [5.41, 5.74) is 0.546. The monoisotopic (exact) mass is 425 g/mol. The summed E-state index contributed by atoms with van der Waals surface area (Å²) in [7, 11) is 1.86. The Hall–Kier alpha value is 0.0600. The SMILES string of the molecule is CNC(Cc1c(F)cccc1Cl)c1cc(Br)c(Br)s1. The summed E-state index contributed by atoms with van der Waals surface area (Å²) in [4.78, 5) is 1.13. The molecule has 0 aliphatic carbocycles. The molecule has 0 aliphatic heterocycles. The Balaban J connectivity index is 2.29. The predicted octanol–water partition coefficient (Wildman–Crippen LogP) is 5.57. The molecule has 0 amide bonds. The fraction of sp³-hybridized carbons (Fsp3) is 0.231. The van der Waals surface area contributed by atoms with E-state index >= 15 is 0 Å². The van der Waals surface area contributed by atoms with Crippen molar-refractivity contribution in [3.63, 3.8) is 0 Å². The number of halogens is 4. The summed E-state index contributed by atoms with van der Waals surface area (Å²) >= 11 is 14.6. The maximum absolute atomic E-state index is 13.8. The highest BCUT2D eigenvalue weighted by Crippen LogP contribution is 2.37. The van der Waals surface area contributed by atoms with E-state index in [1.807, 2.05) is 13.1 Å². The standard InChI is InChI=1S/C13H11Br2ClFNS/c1-18-11(12-6-8(14)13(15)19-12)5-7-9(16)3-2-4-10(7)17/h2-4,6,11,18H,5H2,1H3. The van der Waals surface area contributed by atoms with Crippen LogP contribution < -0.4 is 5.32 Å². The van der Waals surface area contributed by atoms with E-state index in [-0.39, 0.29) is 11.9 Å². The topological polar surface area (TPSA) is 12.0 Å². The van der Waals surface area contributed by atoms with E-state index in [0.29, 0.717) is 17.0 Å². The number of likely N-dealkylation sites (N-methyl/N-ethyl adjacent to an activating group) is 1. The first-order valence-electron chi connectivity index (χ1n) is 5.57. The van der Waals surface area contributed by atoms with Crippen LogP contribution in [0.1, 0.15) is 16.5 Å². The van der Waals surface area contributed by atoms with E-state index in [1.54, 1.807) is 23.5 Å². The number of hydrogen-bond acceptors (Lipinski definition) is 2. The molecule has 102 valence electrons. The molecule has 1 aromatic carbocycles. The van der Waals surface area contributed by atoms with Crippen LogP contribution in [-0.4, -0.2) is 7.05 Å². The average molecular weight is 428 g/mol. The van der Waals surface area contributed by atoms with Crippen molar-refractivity contribution < 1.29 is 4.39 Å². The molecular formula is C13H11Br2ClFNS. The van der Waals surface area contributed by atoms with Crippen molar-refractivity contribution in [1.29, 1.82) is 0 Å².